The van der Waals surface area contributed by atoms with Gasteiger partial charge in [0.15, 0.2) is 18.1 Å². The fourth-order valence-electron chi connectivity index (χ4n) is 1.83. The van der Waals surface area contributed by atoms with Gasteiger partial charge in [0.2, 0.25) is 0 Å². The number of methoxy groups -OCH3 is 1. The van der Waals surface area contributed by atoms with Gasteiger partial charge in [-0.15, -0.1) is 0 Å². The number of ether oxygens (including phenoxy) is 3. The molecule has 0 saturated heterocycles. The molecule has 2 aromatic carbocycles. The van der Waals surface area contributed by atoms with Gasteiger partial charge >= 0.3 is 5.97 Å². The molecule has 0 aliphatic carbocycles. The maximum atomic E-state index is 11.8. The van der Waals surface area contributed by atoms with Crippen LogP contribution in [-0.2, 0) is 4.79 Å². The van der Waals surface area contributed by atoms with Crippen molar-refractivity contribution in [3.63, 3.8) is 0 Å². The molecule has 122 valence electrons. The topological polar surface area (TPSA) is 68.6 Å². The molecule has 2 rings (SSSR count). The summed E-state index contributed by atoms with van der Waals surface area (Å²) in [5.41, 5.74) is 0.740. The molecule has 0 atom stereocenters. The maximum absolute atomic E-state index is 11.8. The predicted octanol–water partition coefficient (Wildman–Crippen LogP) is 3.98. The molecule has 0 aliphatic heterocycles. The quantitative estimate of drug-likeness (QED) is 0.426. The van der Waals surface area contributed by atoms with Crippen LogP contribution in [0.3, 0.4) is 0 Å². The molecule has 0 heterocycles. The summed E-state index contributed by atoms with van der Waals surface area (Å²) in [5, 5.41) is 8.55. The summed E-state index contributed by atoms with van der Waals surface area (Å²) >= 11 is 3.31. The molecule has 0 spiro atoms. The van der Waals surface area contributed by atoms with Crippen LogP contribution in [0.4, 0.5) is 0 Å². The van der Waals surface area contributed by atoms with E-state index in [1.165, 1.54) is 13.2 Å². The molecule has 0 radical (unpaired) electrons. The monoisotopic (exact) mass is 387 g/mol. The predicted molar refractivity (Wildman–Crippen MR) is 92.9 cm³/mol. The maximum Gasteiger partial charge on any atom is 0.336 e. The lowest BCUT2D eigenvalue weighted by Crippen LogP contribution is -2.03. The highest BCUT2D eigenvalue weighted by atomic mass is 79.9. The van der Waals surface area contributed by atoms with E-state index < -0.39 is 5.97 Å². The van der Waals surface area contributed by atoms with Crippen molar-refractivity contribution < 1.29 is 19.0 Å². The number of nitriles is 1. The third-order valence-corrected chi connectivity index (χ3v) is 3.45. The fourth-order valence-corrected chi connectivity index (χ4v) is 2.10. The summed E-state index contributed by atoms with van der Waals surface area (Å²) in [6.07, 6.45) is 2.93. The van der Waals surface area contributed by atoms with Gasteiger partial charge in [-0.3, -0.25) is 0 Å². The third kappa shape index (κ3) is 5.14. The molecule has 24 heavy (non-hydrogen) atoms. The molecule has 0 N–H and O–H groups in total. The van der Waals surface area contributed by atoms with Gasteiger partial charge in [0.1, 0.15) is 11.8 Å². The van der Waals surface area contributed by atoms with Crippen LogP contribution in [0.5, 0.6) is 17.2 Å². The minimum atomic E-state index is -0.485. The van der Waals surface area contributed by atoms with Gasteiger partial charge in [-0.05, 0) is 48.0 Å². The number of rotatable bonds is 6. The van der Waals surface area contributed by atoms with E-state index in [1.807, 2.05) is 6.07 Å². The molecule has 6 heteroatoms. The van der Waals surface area contributed by atoms with Crippen LogP contribution in [0.1, 0.15) is 5.56 Å². The zero-order chi connectivity index (χ0) is 17.4. The SMILES string of the molecule is COc1cc(/C=C/C(=O)Oc2ccc(Br)cc2)ccc1OCC#N. The van der Waals surface area contributed by atoms with E-state index in [2.05, 4.69) is 15.9 Å². The molecular formula is C18H14BrNO4. The molecule has 2 aromatic rings. The fraction of sp³-hybridized carbons (Fsp3) is 0.111. The number of hydrogen-bond donors (Lipinski definition) is 0. The van der Waals surface area contributed by atoms with E-state index in [9.17, 15) is 4.79 Å². The van der Waals surface area contributed by atoms with Crippen LogP contribution < -0.4 is 14.2 Å². The van der Waals surface area contributed by atoms with Gasteiger partial charge < -0.3 is 14.2 Å². The van der Waals surface area contributed by atoms with Gasteiger partial charge in [-0.25, -0.2) is 4.79 Å². The third-order valence-electron chi connectivity index (χ3n) is 2.92. The Morgan fingerprint density at radius 2 is 1.96 bits per heavy atom. The van der Waals surface area contributed by atoms with Gasteiger partial charge in [0, 0.05) is 10.5 Å². The first-order chi connectivity index (χ1) is 11.6. The van der Waals surface area contributed by atoms with E-state index in [0.29, 0.717) is 17.2 Å². The molecule has 0 bridgehead atoms. The van der Waals surface area contributed by atoms with Gasteiger partial charge in [0.25, 0.3) is 0 Å². The molecule has 5 nitrogen and oxygen atoms in total. The summed E-state index contributed by atoms with van der Waals surface area (Å²) in [6.45, 7) is -0.0644. The Morgan fingerprint density at radius 1 is 1.21 bits per heavy atom. The Hall–Kier alpha value is -2.78. The minimum absolute atomic E-state index is 0.0644. The average Bonchev–Trinajstić information content (AvgIpc) is 2.60. The highest BCUT2D eigenvalue weighted by molar-refractivity contribution is 9.10. The molecule has 0 saturated carbocycles. The van der Waals surface area contributed by atoms with Gasteiger partial charge in [0.05, 0.1) is 7.11 Å². The molecule has 0 aromatic heterocycles. The summed E-state index contributed by atoms with van der Waals surface area (Å²) in [4.78, 5) is 11.8. The Labute approximate surface area is 148 Å². The summed E-state index contributed by atoms with van der Waals surface area (Å²) in [6, 6.07) is 14.0. The number of nitrogens with zero attached hydrogens (tertiary/aromatic N) is 1. The smallest absolute Gasteiger partial charge is 0.336 e. The van der Waals surface area contributed by atoms with Crippen LogP contribution >= 0.6 is 15.9 Å². The zero-order valence-electron chi connectivity index (χ0n) is 12.9. The summed E-state index contributed by atoms with van der Waals surface area (Å²) in [7, 11) is 1.50. The number of benzene rings is 2. The van der Waals surface area contributed by atoms with Gasteiger partial charge in [-0.2, -0.15) is 5.26 Å². The van der Waals surface area contributed by atoms with Crippen LogP contribution in [0, 0.1) is 11.3 Å². The number of carbonyl (C=O) groups excluding carboxylic acids is 1. The largest absolute Gasteiger partial charge is 0.493 e. The highest BCUT2D eigenvalue weighted by Gasteiger charge is 2.05. The lowest BCUT2D eigenvalue weighted by Gasteiger charge is -2.08. The van der Waals surface area contributed by atoms with Crippen molar-refractivity contribution in [3.05, 3.63) is 58.6 Å². The van der Waals surface area contributed by atoms with Crippen molar-refractivity contribution in [1.29, 1.82) is 5.26 Å². The summed E-state index contributed by atoms with van der Waals surface area (Å²) in [5.74, 6) is 0.925. The first-order valence-electron chi connectivity index (χ1n) is 6.95. The number of hydrogen-bond acceptors (Lipinski definition) is 5. The van der Waals surface area contributed by atoms with E-state index >= 15 is 0 Å². The van der Waals surface area contributed by atoms with E-state index in [0.717, 1.165) is 10.0 Å². The Kier molecular flexibility index (Phi) is 6.41. The Bertz CT molecular complexity index is 779. The molecule has 0 aliphatic rings. The molecule has 0 fully saturated rings. The second-order valence-electron chi connectivity index (χ2n) is 4.57. The second kappa shape index (κ2) is 8.75. The normalized spacial score (nSPS) is 10.2. The van der Waals surface area contributed by atoms with Crippen LogP contribution in [-0.4, -0.2) is 19.7 Å². The molecule has 0 unspecified atom stereocenters. The lowest BCUT2D eigenvalue weighted by molar-refractivity contribution is -0.128. The number of esters is 1. The number of halogens is 1. The van der Waals surface area contributed by atoms with Crippen molar-refractivity contribution in [2.45, 2.75) is 0 Å². The second-order valence-corrected chi connectivity index (χ2v) is 5.48. The average molecular weight is 388 g/mol. The van der Waals surface area contributed by atoms with Crippen molar-refractivity contribution in [1.82, 2.24) is 0 Å². The minimum Gasteiger partial charge on any atom is -0.493 e. The zero-order valence-corrected chi connectivity index (χ0v) is 14.4. The standard InChI is InChI=1S/C18H14BrNO4/c1-22-17-12-13(2-8-16(17)23-11-10-20)3-9-18(21)24-15-6-4-14(19)5-7-15/h2-9,12H,11H2,1H3/b9-3+. The van der Waals surface area contributed by atoms with Crippen molar-refractivity contribution >= 4 is 28.0 Å². The number of carbonyl (C=O) groups is 1. The van der Waals surface area contributed by atoms with Crippen LogP contribution in [0.15, 0.2) is 53.0 Å². The van der Waals surface area contributed by atoms with Crippen LogP contribution in [0.25, 0.3) is 6.08 Å². The van der Waals surface area contributed by atoms with Crippen molar-refractivity contribution in [2.24, 2.45) is 0 Å². The van der Waals surface area contributed by atoms with E-state index in [-0.39, 0.29) is 6.61 Å². The highest BCUT2D eigenvalue weighted by Crippen LogP contribution is 2.28. The van der Waals surface area contributed by atoms with Gasteiger partial charge in [-0.1, -0.05) is 22.0 Å². The van der Waals surface area contributed by atoms with Crippen LogP contribution in [0.2, 0.25) is 0 Å². The lowest BCUT2D eigenvalue weighted by atomic mass is 10.2. The summed E-state index contributed by atoms with van der Waals surface area (Å²) < 4.78 is 16.5. The van der Waals surface area contributed by atoms with E-state index in [4.69, 9.17) is 19.5 Å². The molecular weight excluding hydrogens is 374 g/mol. The first-order valence-corrected chi connectivity index (χ1v) is 7.75. The van der Waals surface area contributed by atoms with E-state index in [1.54, 1.807) is 48.5 Å². The Balaban J connectivity index is 2.03. The van der Waals surface area contributed by atoms with Crippen molar-refractivity contribution in [2.75, 3.05) is 13.7 Å². The molecule has 0 amide bonds. The first kappa shape index (κ1) is 17.6. The van der Waals surface area contributed by atoms with Crippen molar-refractivity contribution in [3.8, 4) is 23.3 Å². The Morgan fingerprint density at radius 3 is 2.62 bits per heavy atom.